The second-order valence-corrected chi connectivity index (χ2v) is 5.96. The number of nitrogens with two attached hydrogens (primary N) is 1. The van der Waals surface area contributed by atoms with E-state index < -0.39 is 0 Å². The van der Waals surface area contributed by atoms with Crippen molar-refractivity contribution in [2.24, 2.45) is 11.8 Å². The zero-order valence-electron chi connectivity index (χ0n) is 10.5. The highest BCUT2D eigenvalue weighted by Crippen LogP contribution is 2.31. The third kappa shape index (κ3) is 3.47. The van der Waals surface area contributed by atoms with Gasteiger partial charge in [0, 0.05) is 16.7 Å². The average Bonchev–Trinajstić information content (AvgIpc) is 2.86. The van der Waals surface area contributed by atoms with Gasteiger partial charge in [-0.05, 0) is 37.3 Å². The van der Waals surface area contributed by atoms with Crippen molar-refractivity contribution in [1.29, 1.82) is 0 Å². The summed E-state index contributed by atoms with van der Waals surface area (Å²) in [5.74, 6) is 7.54. The predicted octanol–water partition coefficient (Wildman–Crippen LogP) is 3.11. The molecule has 0 radical (unpaired) electrons. The molecule has 0 bridgehead atoms. The van der Waals surface area contributed by atoms with Crippen LogP contribution in [0, 0.1) is 12.8 Å². The minimum absolute atomic E-state index is 0.460. The topological polar surface area (TPSA) is 38.0 Å². The number of rotatable bonds is 5. The molecule has 3 N–H and O–H groups in total. The number of nitrogens with one attached hydrogen (secondary N) is 1. The molecule has 0 heterocycles. The molecule has 0 amide bonds. The van der Waals surface area contributed by atoms with Gasteiger partial charge in [0.15, 0.2) is 0 Å². The van der Waals surface area contributed by atoms with Crippen LogP contribution in [0.1, 0.15) is 31.2 Å². The molecule has 0 spiro atoms. The Kier molecular flexibility index (Phi) is 4.89. The highest BCUT2D eigenvalue weighted by atomic mass is 32.2. The molecular weight excluding hydrogens is 228 g/mol. The minimum atomic E-state index is 0.460. The van der Waals surface area contributed by atoms with Crippen LogP contribution in [0.15, 0.2) is 29.2 Å². The first kappa shape index (κ1) is 12.9. The van der Waals surface area contributed by atoms with Crippen LogP contribution < -0.4 is 11.3 Å². The van der Waals surface area contributed by atoms with Crippen LogP contribution in [0.25, 0.3) is 0 Å². The Morgan fingerprint density at radius 2 is 2.06 bits per heavy atom. The molecule has 1 fully saturated rings. The summed E-state index contributed by atoms with van der Waals surface area (Å²) in [5.41, 5.74) is 4.37. The molecule has 17 heavy (non-hydrogen) atoms. The molecule has 1 aliphatic rings. The van der Waals surface area contributed by atoms with E-state index in [-0.39, 0.29) is 0 Å². The predicted molar refractivity (Wildman–Crippen MR) is 75.0 cm³/mol. The summed E-state index contributed by atoms with van der Waals surface area (Å²) in [7, 11) is 0. The van der Waals surface area contributed by atoms with Gasteiger partial charge in [-0.2, -0.15) is 0 Å². The van der Waals surface area contributed by atoms with Gasteiger partial charge in [-0.25, -0.2) is 0 Å². The SMILES string of the molecule is Cc1ccccc1SCC(NN)C1CCCC1. The van der Waals surface area contributed by atoms with Gasteiger partial charge in [0.25, 0.3) is 0 Å². The molecule has 94 valence electrons. The standard InChI is InChI=1S/C14H22N2S/c1-11-6-2-5-9-14(11)17-10-13(16-15)12-7-3-4-8-12/h2,5-6,9,12-13,16H,3-4,7-8,10,15H2,1H3. The summed E-state index contributed by atoms with van der Waals surface area (Å²) >= 11 is 1.92. The smallest absolute Gasteiger partial charge is 0.0332 e. The van der Waals surface area contributed by atoms with Crippen LogP contribution in [-0.2, 0) is 0 Å². The van der Waals surface area contributed by atoms with E-state index in [1.807, 2.05) is 11.8 Å². The molecule has 1 unspecified atom stereocenters. The highest BCUT2D eigenvalue weighted by molar-refractivity contribution is 7.99. The molecule has 0 saturated heterocycles. The van der Waals surface area contributed by atoms with Crippen molar-refractivity contribution in [3.63, 3.8) is 0 Å². The van der Waals surface area contributed by atoms with Crippen LogP contribution >= 0.6 is 11.8 Å². The van der Waals surface area contributed by atoms with Crippen molar-refractivity contribution in [2.75, 3.05) is 5.75 Å². The number of thioether (sulfide) groups is 1. The van der Waals surface area contributed by atoms with E-state index in [1.165, 1.54) is 36.1 Å². The molecule has 1 saturated carbocycles. The Morgan fingerprint density at radius 3 is 2.71 bits per heavy atom. The van der Waals surface area contributed by atoms with Gasteiger partial charge in [0.1, 0.15) is 0 Å². The van der Waals surface area contributed by atoms with Crippen molar-refractivity contribution in [3.05, 3.63) is 29.8 Å². The van der Waals surface area contributed by atoms with Gasteiger partial charge in [-0.1, -0.05) is 31.0 Å². The van der Waals surface area contributed by atoms with Gasteiger partial charge in [0.05, 0.1) is 0 Å². The van der Waals surface area contributed by atoms with Crippen molar-refractivity contribution in [1.82, 2.24) is 5.43 Å². The summed E-state index contributed by atoms with van der Waals surface area (Å²) in [6, 6.07) is 9.03. The second-order valence-electron chi connectivity index (χ2n) is 4.89. The molecule has 2 rings (SSSR count). The van der Waals surface area contributed by atoms with Crippen molar-refractivity contribution in [2.45, 2.75) is 43.5 Å². The first-order chi connectivity index (χ1) is 8.31. The van der Waals surface area contributed by atoms with Crippen molar-refractivity contribution < 1.29 is 0 Å². The summed E-state index contributed by atoms with van der Waals surface area (Å²) in [6.45, 7) is 2.17. The third-order valence-corrected chi connectivity index (χ3v) is 4.99. The Balaban J connectivity index is 1.89. The Hall–Kier alpha value is -0.510. The zero-order chi connectivity index (χ0) is 12.1. The monoisotopic (exact) mass is 250 g/mol. The second kappa shape index (κ2) is 6.43. The Bertz CT molecular complexity index is 348. The number of hydrazine groups is 1. The first-order valence-electron chi connectivity index (χ1n) is 6.46. The third-order valence-electron chi connectivity index (χ3n) is 3.69. The van der Waals surface area contributed by atoms with E-state index in [0.29, 0.717) is 6.04 Å². The normalized spacial score (nSPS) is 18.5. The van der Waals surface area contributed by atoms with Gasteiger partial charge in [0.2, 0.25) is 0 Å². The zero-order valence-corrected chi connectivity index (χ0v) is 11.3. The molecule has 1 aromatic rings. The molecular formula is C14H22N2S. The quantitative estimate of drug-likeness (QED) is 0.479. The molecule has 0 aromatic heterocycles. The summed E-state index contributed by atoms with van der Waals surface area (Å²) in [6.07, 6.45) is 5.42. The maximum atomic E-state index is 5.69. The van der Waals surface area contributed by atoms with E-state index in [9.17, 15) is 0 Å². The maximum Gasteiger partial charge on any atom is 0.0332 e. The lowest BCUT2D eigenvalue weighted by Crippen LogP contribution is -2.41. The lowest BCUT2D eigenvalue weighted by Gasteiger charge is -2.22. The fourth-order valence-corrected chi connectivity index (χ4v) is 3.78. The van der Waals surface area contributed by atoms with E-state index in [1.54, 1.807) is 0 Å². The summed E-state index contributed by atoms with van der Waals surface area (Å²) in [4.78, 5) is 1.38. The van der Waals surface area contributed by atoms with Gasteiger partial charge < -0.3 is 0 Å². The van der Waals surface area contributed by atoms with Crippen LogP contribution in [0.3, 0.4) is 0 Å². The number of hydrogen-bond acceptors (Lipinski definition) is 3. The minimum Gasteiger partial charge on any atom is -0.271 e. The van der Waals surface area contributed by atoms with Crippen LogP contribution in [-0.4, -0.2) is 11.8 Å². The van der Waals surface area contributed by atoms with Crippen molar-refractivity contribution in [3.8, 4) is 0 Å². The Labute approximate surface area is 108 Å². The van der Waals surface area contributed by atoms with Gasteiger partial charge >= 0.3 is 0 Å². The van der Waals surface area contributed by atoms with Gasteiger partial charge in [-0.15, -0.1) is 11.8 Å². The molecule has 2 nitrogen and oxygen atoms in total. The van der Waals surface area contributed by atoms with E-state index >= 15 is 0 Å². The van der Waals surface area contributed by atoms with E-state index in [0.717, 1.165) is 11.7 Å². The first-order valence-corrected chi connectivity index (χ1v) is 7.44. The summed E-state index contributed by atoms with van der Waals surface area (Å²) < 4.78 is 0. The highest BCUT2D eigenvalue weighted by Gasteiger charge is 2.24. The maximum absolute atomic E-state index is 5.69. The average molecular weight is 250 g/mol. The Morgan fingerprint density at radius 1 is 1.35 bits per heavy atom. The van der Waals surface area contributed by atoms with Crippen LogP contribution in [0.2, 0.25) is 0 Å². The fraction of sp³-hybridized carbons (Fsp3) is 0.571. The van der Waals surface area contributed by atoms with Crippen LogP contribution in [0.4, 0.5) is 0 Å². The summed E-state index contributed by atoms with van der Waals surface area (Å²) in [5, 5.41) is 0. The molecule has 3 heteroatoms. The number of aryl methyl sites for hydroxylation is 1. The van der Waals surface area contributed by atoms with E-state index in [4.69, 9.17) is 5.84 Å². The van der Waals surface area contributed by atoms with Gasteiger partial charge in [-0.3, -0.25) is 11.3 Å². The molecule has 1 aromatic carbocycles. The largest absolute Gasteiger partial charge is 0.271 e. The molecule has 0 aliphatic heterocycles. The fourth-order valence-electron chi connectivity index (χ4n) is 2.58. The van der Waals surface area contributed by atoms with E-state index in [2.05, 4.69) is 36.6 Å². The molecule has 1 atom stereocenters. The molecule has 1 aliphatic carbocycles. The van der Waals surface area contributed by atoms with Crippen molar-refractivity contribution >= 4 is 11.8 Å². The number of benzene rings is 1. The lowest BCUT2D eigenvalue weighted by atomic mass is 10.0. The lowest BCUT2D eigenvalue weighted by molar-refractivity contribution is 0.393. The number of hydrogen-bond donors (Lipinski definition) is 2. The van der Waals surface area contributed by atoms with Crippen LogP contribution in [0.5, 0.6) is 0 Å².